The zero-order valence-electron chi connectivity index (χ0n) is 10.7. The molecule has 0 aromatic rings. The molecule has 0 N–H and O–H groups in total. The highest BCUT2D eigenvalue weighted by atomic mass is 15.2. The van der Waals surface area contributed by atoms with Crippen LogP contribution in [0.1, 0.15) is 33.6 Å². The summed E-state index contributed by atoms with van der Waals surface area (Å²) in [7, 11) is 4.29. The van der Waals surface area contributed by atoms with Crippen LogP contribution in [0, 0.1) is 5.92 Å². The summed E-state index contributed by atoms with van der Waals surface area (Å²) in [5.41, 5.74) is 0. The fraction of sp³-hybridized carbons (Fsp3) is 1.00. The van der Waals surface area contributed by atoms with Gasteiger partial charge in [-0.15, -0.1) is 0 Å². The van der Waals surface area contributed by atoms with Gasteiger partial charge in [-0.2, -0.15) is 0 Å². The Balaban J connectivity index is 0.000000791. The highest BCUT2D eigenvalue weighted by Crippen LogP contribution is 2.18. The Kier molecular flexibility index (Phi) is 8.20. The molecule has 0 aliphatic carbocycles. The minimum absolute atomic E-state index is 0.979. The third-order valence-electron chi connectivity index (χ3n) is 2.81. The molecule has 2 nitrogen and oxygen atoms in total. The molecule has 0 bridgehead atoms. The van der Waals surface area contributed by atoms with Crippen molar-refractivity contribution in [2.75, 3.05) is 40.3 Å². The van der Waals surface area contributed by atoms with E-state index in [0.29, 0.717) is 0 Å². The van der Waals surface area contributed by atoms with E-state index in [-0.39, 0.29) is 0 Å². The number of nitrogens with zero attached hydrogens (tertiary/aromatic N) is 2. The lowest BCUT2D eigenvalue weighted by atomic mass is 10.1. The Morgan fingerprint density at radius 2 is 1.93 bits per heavy atom. The molecule has 1 saturated heterocycles. The van der Waals surface area contributed by atoms with Gasteiger partial charge in [0.05, 0.1) is 0 Å². The number of rotatable bonds is 4. The van der Waals surface area contributed by atoms with Crippen LogP contribution in [0.5, 0.6) is 0 Å². The monoisotopic (exact) mass is 200 g/mol. The van der Waals surface area contributed by atoms with Gasteiger partial charge in [-0.05, 0) is 33.0 Å². The molecule has 2 heteroatoms. The van der Waals surface area contributed by atoms with Gasteiger partial charge in [0.15, 0.2) is 0 Å². The Morgan fingerprint density at radius 1 is 1.29 bits per heavy atom. The van der Waals surface area contributed by atoms with E-state index in [1.165, 1.54) is 39.0 Å². The van der Waals surface area contributed by atoms with Crippen molar-refractivity contribution in [2.45, 2.75) is 33.6 Å². The fourth-order valence-corrected chi connectivity index (χ4v) is 1.79. The second kappa shape index (κ2) is 8.25. The van der Waals surface area contributed by atoms with Crippen LogP contribution in [-0.2, 0) is 0 Å². The van der Waals surface area contributed by atoms with Crippen molar-refractivity contribution in [3.8, 4) is 0 Å². The molecule has 0 amide bonds. The molecule has 1 heterocycles. The van der Waals surface area contributed by atoms with Crippen LogP contribution in [-0.4, -0.2) is 50.1 Å². The van der Waals surface area contributed by atoms with E-state index in [4.69, 9.17) is 0 Å². The molecule has 0 radical (unpaired) electrons. The van der Waals surface area contributed by atoms with Gasteiger partial charge in [0.2, 0.25) is 0 Å². The SMILES string of the molecule is CC.CCC1CCN(CCN(C)C)C1. The summed E-state index contributed by atoms with van der Waals surface area (Å²) in [5.74, 6) is 0.979. The second-order valence-corrected chi connectivity index (χ2v) is 4.17. The summed E-state index contributed by atoms with van der Waals surface area (Å²) in [6.07, 6.45) is 2.78. The third kappa shape index (κ3) is 5.61. The van der Waals surface area contributed by atoms with Crippen LogP contribution in [0.3, 0.4) is 0 Å². The molecular formula is C12H28N2. The standard InChI is InChI=1S/C10H22N2.C2H6/c1-4-10-5-6-12(9-10)8-7-11(2)3;1-2/h10H,4-9H2,1-3H3;1-2H3. The molecule has 1 unspecified atom stereocenters. The maximum absolute atomic E-state index is 2.59. The molecule has 14 heavy (non-hydrogen) atoms. The van der Waals surface area contributed by atoms with E-state index in [1.807, 2.05) is 13.8 Å². The number of hydrogen-bond acceptors (Lipinski definition) is 2. The molecule has 0 aromatic carbocycles. The van der Waals surface area contributed by atoms with Crippen molar-refractivity contribution in [1.82, 2.24) is 9.80 Å². The molecule has 0 aromatic heterocycles. The van der Waals surface area contributed by atoms with Crippen LogP contribution in [0.25, 0.3) is 0 Å². The molecule has 0 spiro atoms. The highest BCUT2D eigenvalue weighted by Gasteiger charge is 2.19. The lowest BCUT2D eigenvalue weighted by molar-refractivity contribution is 0.275. The van der Waals surface area contributed by atoms with Crippen LogP contribution in [0.4, 0.5) is 0 Å². The van der Waals surface area contributed by atoms with Gasteiger partial charge in [0, 0.05) is 19.6 Å². The molecule has 1 aliphatic heterocycles. The first-order valence-corrected chi connectivity index (χ1v) is 6.09. The van der Waals surface area contributed by atoms with Crippen molar-refractivity contribution >= 4 is 0 Å². The average Bonchev–Trinajstić information content (AvgIpc) is 2.65. The van der Waals surface area contributed by atoms with Crippen LogP contribution in [0.2, 0.25) is 0 Å². The van der Waals surface area contributed by atoms with Crippen LogP contribution < -0.4 is 0 Å². The molecule has 1 fully saturated rings. The Labute approximate surface area is 90.3 Å². The smallest absolute Gasteiger partial charge is 0.0109 e. The van der Waals surface area contributed by atoms with Crippen molar-refractivity contribution in [3.63, 3.8) is 0 Å². The van der Waals surface area contributed by atoms with E-state index in [0.717, 1.165) is 5.92 Å². The van der Waals surface area contributed by atoms with E-state index < -0.39 is 0 Å². The quantitative estimate of drug-likeness (QED) is 0.687. The second-order valence-electron chi connectivity index (χ2n) is 4.17. The zero-order valence-corrected chi connectivity index (χ0v) is 10.7. The van der Waals surface area contributed by atoms with Gasteiger partial charge in [-0.3, -0.25) is 0 Å². The number of hydrogen-bond donors (Lipinski definition) is 0. The summed E-state index contributed by atoms with van der Waals surface area (Å²) < 4.78 is 0. The summed E-state index contributed by atoms with van der Waals surface area (Å²) in [5, 5.41) is 0. The Bertz CT molecular complexity index is 123. The summed E-state index contributed by atoms with van der Waals surface area (Å²) in [6.45, 7) is 11.4. The average molecular weight is 200 g/mol. The van der Waals surface area contributed by atoms with Crippen molar-refractivity contribution in [3.05, 3.63) is 0 Å². The van der Waals surface area contributed by atoms with Gasteiger partial charge >= 0.3 is 0 Å². The van der Waals surface area contributed by atoms with Crippen LogP contribution in [0.15, 0.2) is 0 Å². The number of likely N-dealkylation sites (N-methyl/N-ethyl adjacent to an activating group) is 1. The van der Waals surface area contributed by atoms with E-state index in [2.05, 4.69) is 30.8 Å². The van der Waals surface area contributed by atoms with Crippen molar-refractivity contribution in [1.29, 1.82) is 0 Å². The molecule has 86 valence electrons. The van der Waals surface area contributed by atoms with E-state index in [9.17, 15) is 0 Å². The maximum atomic E-state index is 2.59. The first kappa shape index (κ1) is 13.9. The molecule has 0 saturated carbocycles. The predicted octanol–water partition coefficient (Wildman–Crippen LogP) is 2.31. The maximum Gasteiger partial charge on any atom is 0.0109 e. The van der Waals surface area contributed by atoms with Crippen molar-refractivity contribution in [2.24, 2.45) is 5.92 Å². The van der Waals surface area contributed by atoms with Crippen LogP contribution >= 0.6 is 0 Å². The minimum Gasteiger partial charge on any atom is -0.308 e. The molecule has 1 atom stereocenters. The number of likely N-dealkylation sites (tertiary alicyclic amines) is 1. The van der Waals surface area contributed by atoms with Crippen molar-refractivity contribution < 1.29 is 0 Å². The third-order valence-corrected chi connectivity index (χ3v) is 2.81. The molecular weight excluding hydrogens is 172 g/mol. The van der Waals surface area contributed by atoms with E-state index in [1.54, 1.807) is 0 Å². The predicted molar refractivity (Wildman–Crippen MR) is 64.7 cm³/mol. The largest absolute Gasteiger partial charge is 0.308 e. The van der Waals surface area contributed by atoms with Gasteiger partial charge < -0.3 is 9.80 Å². The highest BCUT2D eigenvalue weighted by molar-refractivity contribution is 4.74. The lowest BCUT2D eigenvalue weighted by Gasteiger charge is -2.18. The minimum atomic E-state index is 0.979. The van der Waals surface area contributed by atoms with Gasteiger partial charge in [-0.1, -0.05) is 27.2 Å². The Hall–Kier alpha value is -0.0800. The lowest BCUT2D eigenvalue weighted by Crippen LogP contribution is -2.29. The molecule has 1 aliphatic rings. The normalized spacial score (nSPS) is 22.3. The summed E-state index contributed by atoms with van der Waals surface area (Å²) >= 11 is 0. The van der Waals surface area contributed by atoms with Gasteiger partial charge in [-0.25, -0.2) is 0 Å². The van der Waals surface area contributed by atoms with E-state index >= 15 is 0 Å². The van der Waals surface area contributed by atoms with Gasteiger partial charge in [0.1, 0.15) is 0 Å². The molecule has 1 rings (SSSR count). The topological polar surface area (TPSA) is 6.48 Å². The Morgan fingerprint density at radius 3 is 2.36 bits per heavy atom. The first-order chi connectivity index (χ1) is 6.72. The fourth-order valence-electron chi connectivity index (χ4n) is 1.79. The summed E-state index contributed by atoms with van der Waals surface area (Å²) in [6, 6.07) is 0. The summed E-state index contributed by atoms with van der Waals surface area (Å²) in [4.78, 5) is 4.85. The van der Waals surface area contributed by atoms with Gasteiger partial charge in [0.25, 0.3) is 0 Å². The first-order valence-electron chi connectivity index (χ1n) is 6.09. The zero-order chi connectivity index (χ0) is 11.0.